The Kier molecular flexibility index (Phi) is 4.91. The van der Waals surface area contributed by atoms with Gasteiger partial charge in [-0.25, -0.2) is 0 Å². The van der Waals surface area contributed by atoms with Crippen LogP contribution in [0.1, 0.15) is 24.4 Å². The van der Waals surface area contributed by atoms with Crippen LogP contribution in [0.3, 0.4) is 0 Å². The second-order valence-corrected chi connectivity index (χ2v) is 7.37. The first-order valence-corrected chi connectivity index (χ1v) is 9.14. The first kappa shape index (κ1) is 16.3. The third-order valence-corrected chi connectivity index (χ3v) is 5.42. The maximum absolute atomic E-state index is 12.3. The first-order chi connectivity index (χ1) is 11.1. The van der Waals surface area contributed by atoms with E-state index in [-0.39, 0.29) is 5.91 Å². The number of hydrogen-bond donors (Lipinski definition) is 1. The van der Waals surface area contributed by atoms with Gasteiger partial charge in [-0.1, -0.05) is 45.9 Å². The predicted octanol–water partition coefficient (Wildman–Crippen LogP) is 2.71. The zero-order chi connectivity index (χ0) is 16.4. The fraction of sp³-hybridized carbons (Fsp3) is 0.400. The summed E-state index contributed by atoms with van der Waals surface area (Å²) >= 11 is 4.90. The van der Waals surface area contributed by atoms with Gasteiger partial charge >= 0.3 is 0 Å². The molecule has 1 aromatic carbocycles. The molecule has 1 aliphatic rings. The van der Waals surface area contributed by atoms with Crippen LogP contribution >= 0.6 is 27.7 Å². The Morgan fingerprint density at radius 3 is 2.87 bits per heavy atom. The molecule has 3 rings (SSSR count). The van der Waals surface area contributed by atoms with Crippen LogP contribution < -0.4 is 5.73 Å². The van der Waals surface area contributed by atoms with Crippen LogP contribution in [0.5, 0.6) is 0 Å². The maximum atomic E-state index is 12.3. The number of benzene rings is 1. The molecule has 1 heterocycles. The van der Waals surface area contributed by atoms with Gasteiger partial charge in [-0.2, -0.15) is 0 Å². The second-order valence-electron chi connectivity index (χ2n) is 5.57. The normalized spacial score (nSPS) is 14.0. The van der Waals surface area contributed by atoms with Gasteiger partial charge in [-0.3, -0.25) is 9.36 Å². The Morgan fingerprint density at radius 1 is 1.43 bits per heavy atom. The van der Waals surface area contributed by atoms with E-state index < -0.39 is 0 Å². The molecule has 1 fully saturated rings. The second kappa shape index (κ2) is 6.92. The SMILES string of the molecule is CN(Cc1ccccc1Br)C(=O)CSc1nnc(N)n1C1CC1. The van der Waals surface area contributed by atoms with Crippen molar-refractivity contribution in [2.75, 3.05) is 18.5 Å². The van der Waals surface area contributed by atoms with Gasteiger partial charge in [0.15, 0.2) is 5.16 Å². The summed E-state index contributed by atoms with van der Waals surface area (Å²) in [5.74, 6) is 0.810. The van der Waals surface area contributed by atoms with E-state index in [1.807, 2.05) is 35.9 Å². The number of rotatable bonds is 6. The number of carbonyl (C=O) groups excluding carboxylic acids is 1. The molecule has 0 radical (unpaired) electrons. The Bertz CT molecular complexity index is 716. The van der Waals surface area contributed by atoms with Gasteiger partial charge in [0, 0.05) is 24.1 Å². The molecule has 1 amide bonds. The van der Waals surface area contributed by atoms with Gasteiger partial charge in [-0.05, 0) is 24.5 Å². The Morgan fingerprint density at radius 2 is 2.17 bits per heavy atom. The van der Waals surface area contributed by atoms with Crippen molar-refractivity contribution in [1.29, 1.82) is 0 Å². The summed E-state index contributed by atoms with van der Waals surface area (Å²) in [6.07, 6.45) is 2.21. The zero-order valence-electron chi connectivity index (χ0n) is 12.8. The van der Waals surface area contributed by atoms with Crippen molar-refractivity contribution in [2.24, 2.45) is 0 Å². The average molecular weight is 396 g/mol. The van der Waals surface area contributed by atoms with Crippen molar-refractivity contribution in [2.45, 2.75) is 30.6 Å². The third-order valence-electron chi connectivity index (χ3n) is 3.72. The fourth-order valence-electron chi connectivity index (χ4n) is 2.27. The molecule has 1 aliphatic carbocycles. The topological polar surface area (TPSA) is 77.0 Å². The summed E-state index contributed by atoms with van der Waals surface area (Å²) in [7, 11) is 1.81. The van der Waals surface area contributed by atoms with Crippen molar-refractivity contribution in [3.8, 4) is 0 Å². The minimum absolute atomic E-state index is 0.0506. The number of nitrogen functional groups attached to an aromatic ring is 1. The molecule has 0 atom stereocenters. The first-order valence-electron chi connectivity index (χ1n) is 7.37. The quantitative estimate of drug-likeness (QED) is 0.760. The molecule has 23 heavy (non-hydrogen) atoms. The number of aromatic nitrogens is 3. The number of anilines is 1. The van der Waals surface area contributed by atoms with Gasteiger partial charge in [0.1, 0.15) is 0 Å². The summed E-state index contributed by atoms with van der Waals surface area (Å²) in [4.78, 5) is 14.1. The number of nitrogens with zero attached hydrogens (tertiary/aromatic N) is 4. The van der Waals surface area contributed by atoms with E-state index >= 15 is 0 Å². The summed E-state index contributed by atoms with van der Waals surface area (Å²) in [5, 5.41) is 8.73. The smallest absolute Gasteiger partial charge is 0.233 e. The summed E-state index contributed by atoms with van der Waals surface area (Å²) in [6.45, 7) is 0.568. The summed E-state index contributed by atoms with van der Waals surface area (Å²) in [6, 6.07) is 8.31. The van der Waals surface area contributed by atoms with Crippen LogP contribution in [0.2, 0.25) is 0 Å². The molecule has 122 valence electrons. The van der Waals surface area contributed by atoms with Gasteiger partial charge in [0.05, 0.1) is 5.75 Å². The lowest BCUT2D eigenvalue weighted by molar-refractivity contribution is -0.127. The number of thioether (sulfide) groups is 1. The fourth-order valence-corrected chi connectivity index (χ4v) is 3.63. The predicted molar refractivity (Wildman–Crippen MR) is 94.0 cm³/mol. The van der Waals surface area contributed by atoms with Gasteiger partial charge in [0.25, 0.3) is 0 Å². The van der Waals surface area contributed by atoms with E-state index in [0.717, 1.165) is 28.0 Å². The lowest BCUT2D eigenvalue weighted by atomic mass is 10.2. The van der Waals surface area contributed by atoms with Crippen molar-refractivity contribution in [1.82, 2.24) is 19.7 Å². The van der Waals surface area contributed by atoms with Crippen LogP contribution in [0, 0.1) is 0 Å². The highest BCUT2D eigenvalue weighted by Gasteiger charge is 2.29. The Balaban J connectivity index is 1.58. The van der Waals surface area contributed by atoms with Gasteiger partial charge < -0.3 is 10.6 Å². The van der Waals surface area contributed by atoms with E-state index in [9.17, 15) is 4.79 Å². The van der Waals surface area contributed by atoms with Crippen molar-refractivity contribution in [3.05, 3.63) is 34.3 Å². The van der Waals surface area contributed by atoms with Gasteiger partial charge in [0.2, 0.25) is 11.9 Å². The van der Waals surface area contributed by atoms with E-state index in [1.54, 1.807) is 4.90 Å². The zero-order valence-corrected chi connectivity index (χ0v) is 15.2. The number of nitrogens with two attached hydrogens (primary N) is 1. The monoisotopic (exact) mass is 395 g/mol. The highest BCUT2D eigenvalue weighted by atomic mass is 79.9. The molecule has 1 aromatic heterocycles. The van der Waals surface area contributed by atoms with Crippen LogP contribution in [0.25, 0.3) is 0 Å². The minimum atomic E-state index is 0.0506. The van der Waals surface area contributed by atoms with Crippen molar-refractivity contribution in [3.63, 3.8) is 0 Å². The molecule has 0 spiro atoms. The number of hydrogen-bond acceptors (Lipinski definition) is 5. The standard InChI is InChI=1S/C15H18BrN5OS/c1-20(8-10-4-2-3-5-12(10)16)13(22)9-23-15-19-18-14(17)21(15)11-6-7-11/h2-5,11H,6-9H2,1H3,(H2,17,18). The molecular formula is C15H18BrN5OS. The summed E-state index contributed by atoms with van der Waals surface area (Å²) in [5.41, 5.74) is 6.92. The van der Waals surface area contributed by atoms with E-state index in [2.05, 4.69) is 26.1 Å². The van der Waals surface area contributed by atoms with Crippen LogP contribution in [-0.2, 0) is 11.3 Å². The minimum Gasteiger partial charge on any atom is -0.368 e. The highest BCUT2D eigenvalue weighted by molar-refractivity contribution is 9.10. The number of carbonyl (C=O) groups is 1. The van der Waals surface area contributed by atoms with Crippen LogP contribution in [0.15, 0.2) is 33.9 Å². The lowest BCUT2D eigenvalue weighted by Crippen LogP contribution is -2.28. The van der Waals surface area contributed by atoms with Crippen LogP contribution in [-0.4, -0.2) is 38.4 Å². The average Bonchev–Trinajstić information content (AvgIpc) is 3.30. The molecule has 2 N–H and O–H groups in total. The molecule has 0 unspecified atom stereocenters. The highest BCUT2D eigenvalue weighted by Crippen LogP contribution is 2.39. The van der Waals surface area contributed by atoms with Crippen molar-refractivity contribution >= 4 is 39.5 Å². The molecule has 0 aliphatic heterocycles. The van der Waals surface area contributed by atoms with Crippen LogP contribution in [0.4, 0.5) is 5.95 Å². The Labute approximate surface area is 147 Å². The molecular weight excluding hydrogens is 378 g/mol. The molecule has 6 nitrogen and oxygen atoms in total. The van der Waals surface area contributed by atoms with E-state index in [1.165, 1.54) is 11.8 Å². The Hall–Kier alpha value is -1.54. The molecule has 8 heteroatoms. The molecule has 2 aromatic rings. The third kappa shape index (κ3) is 3.87. The van der Waals surface area contributed by atoms with E-state index in [0.29, 0.717) is 24.3 Å². The maximum Gasteiger partial charge on any atom is 0.233 e. The van der Waals surface area contributed by atoms with E-state index in [4.69, 9.17) is 5.73 Å². The largest absolute Gasteiger partial charge is 0.368 e. The summed E-state index contributed by atoms with van der Waals surface area (Å²) < 4.78 is 2.94. The molecule has 0 bridgehead atoms. The van der Waals surface area contributed by atoms with Gasteiger partial charge in [-0.15, -0.1) is 10.2 Å². The molecule has 1 saturated carbocycles. The number of halogens is 1. The van der Waals surface area contributed by atoms with Crippen molar-refractivity contribution < 1.29 is 4.79 Å². The molecule has 0 saturated heterocycles. The number of amides is 1. The lowest BCUT2D eigenvalue weighted by Gasteiger charge is -2.18.